The molecule has 0 bridgehead atoms. The topological polar surface area (TPSA) is 26.9 Å². The van der Waals surface area contributed by atoms with Crippen molar-refractivity contribution in [3.05, 3.63) is 70.2 Å². The molecule has 82 valence electrons. The zero-order valence-electron chi connectivity index (χ0n) is 9.60. The van der Waals surface area contributed by atoms with Gasteiger partial charge in [0.25, 0.3) is 0 Å². The molecule has 0 spiro atoms. The van der Waals surface area contributed by atoms with Crippen LogP contribution in [0.3, 0.4) is 0 Å². The Balaban J connectivity index is 2.30. The molecule has 0 aliphatic heterocycles. The Hall–Kier alpha value is -1.83. The molecule has 0 saturated carbocycles. The van der Waals surface area contributed by atoms with Crippen LogP contribution < -0.4 is 4.73 Å². The molecule has 1 aromatic heterocycles. The van der Waals surface area contributed by atoms with Gasteiger partial charge < -0.3 is 5.21 Å². The molecule has 1 aromatic carbocycles. The van der Waals surface area contributed by atoms with E-state index in [9.17, 15) is 5.21 Å². The molecule has 2 rings (SSSR count). The first-order chi connectivity index (χ1) is 7.65. The fraction of sp³-hybridized carbons (Fsp3) is 0.214. The first-order valence-electron chi connectivity index (χ1n) is 5.39. The van der Waals surface area contributed by atoms with Crippen LogP contribution in [0.1, 0.15) is 22.4 Å². The number of nitrogens with zero attached hydrogens (tertiary/aromatic N) is 1. The van der Waals surface area contributed by atoms with E-state index in [1.54, 1.807) is 6.07 Å². The van der Waals surface area contributed by atoms with Gasteiger partial charge in [0.1, 0.15) is 0 Å². The molecule has 0 N–H and O–H groups in total. The molecule has 0 amide bonds. The lowest BCUT2D eigenvalue weighted by atomic mass is 10.0. The molecule has 0 radical (unpaired) electrons. The van der Waals surface area contributed by atoms with Gasteiger partial charge in [-0.1, -0.05) is 35.4 Å². The van der Waals surface area contributed by atoms with Crippen LogP contribution in [0.15, 0.2) is 42.6 Å². The second-order valence-corrected chi connectivity index (χ2v) is 4.19. The molecule has 2 aromatic rings. The van der Waals surface area contributed by atoms with E-state index in [2.05, 4.69) is 32.0 Å². The standard InChI is InChI=1S/C14H15NO/c1-11-7-12(2)9-13(8-11)10-14-5-3-4-6-15(14)16/h3-9H,10H2,1-2H3. The smallest absolute Gasteiger partial charge is 0.197 e. The number of rotatable bonds is 2. The van der Waals surface area contributed by atoms with Crippen LogP contribution >= 0.6 is 0 Å². The minimum absolute atomic E-state index is 0.687. The highest BCUT2D eigenvalue weighted by Gasteiger charge is 2.05. The van der Waals surface area contributed by atoms with Crippen LogP contribution in [-0.2, 0) is 6.42 Å². The van der Waals surface area contributed by atoms with E-state index in [-0.39, 0.29) is 0 Å². The predicted octanol–water partition coefficient (Wildman–Crippen LogP) is 2.53. The van der Waals surface area contributed by atoms with Crippen LogP contribution in [0.2, 0.25) is 0 Å². The Morgan fingerprint density at radius 2 is 1.75 bits per heavy atom. The van der Waals surface area contributed by atoms with Crippen LogP contribution in [0.4, 0.5) is 0 Å². The van der Waals surface area contributed by atoms with Crippen LogP contribution in [0, 0.1) is 19.1 Å². The van der Waals surface area contributed by atoms with Crippen LogP contribution in [0.5, 0.6) is 0 Å². The third-order valence-corrected chi connectivity index (χ3v) is 2.57. The molecular formula is C14H15NO. The van der Waals surface area contributed by atoms with Gasteiger partial charge in [0.2, 0.25) is 0 Å². The van der Waals surface area contributed by atoms with Crippen molar-refractivity contribution in [3.8, 4) is 0 Å². The Labute approximate surface area is 95.8 Å². The summed E-state index contributed by atoms with van der Waals surface area (Å²) in [4.78, 5) is 0. The van der Waals surface area contributed by atoms with Crippen molar-refractivity contribution < 1.29 is 4.73 Å². The maximum absolute atomic E-state index is 11.5. The minimum atomic E-state index is 0.687. The van der Waals surface area contributed by atoms with E-state index < -0.39 is 0 Å². The maximum atomic E-state index is 11.5. The summed E-state index contributed by atoms with van der Waals surface area (Å²) in [5.74, 6) is 0. The molecule has 2 heteroatoms. The lowest BCUT2D eigenvalue weighted by Gasteiger charge is -2.06. The quantitative estimate of drug-likeness (QED) is 0.556. The summed E-state index contributed by atoms with van der Waals surface area (Å²) in [6.45, 7) is 4.15. The van der Waals surface area contributed by atoms with Gasteiger partial charge in [-0.2, -0.15) is 4.73 Å². The number of aromatic nitrogens is 1. The van der Waals surface area contributed by atoms with E-state index in [1.807, 2.05) is 12.1 Å². The maximum Gasteiger partial charge on any atom is 0.197 e. The Kier molecular flexibility index (Phi) is 2.91. The van der Waals surface area contributed by atoms with Gasteiger partial charge in [0, 0.05) is 12.1 Å². The van der Waals surface area contributed by atoms with Gasteiger partial charge in [-0.3, -0.25) is 0 Å². The van der Waals surface area contributed by atoms with Gasteiger partial charge in [-0.15, -0.1) is 0 Å². The highest BCUT2D eigenvalue weighted by Crippen LogP contribution is 2.11. The number of aryl methyl sites for hydroxylation is 2. The highest BCUT2D eigenvalue weighted by molar-refractivity contribution is 5.30. The van der Waals surface area contributed by atoms with Crippen molar-refractivity contribution in [2.45, 2.75) is 20.3 Å². The van der Waals surface area contributed by atoms with Gasteiger partial charge in [0.15, 0.2) is 11.9 Å². The van der Waals surface area contributed by atoms with Crippen molar-refractivity contribution in [1.82, 2.24) is 0 Å². The Bertz CT molecular complexity index is 486. The fourth-order valence-electron chi connectivity index (χ4n) is 1.98. The summed E-state index contributed by atoms with van der Waals surface area (Å²) in [6.07, 6.45) is 2.23. The molecule has 1 heterocycles. The van der Waals surface area contributed by atoms with Gasteiger partial charge in [0.05, 0.1) is 6.42 Å². The van der Waals surface area contributed by atoms with Crippen molar-refractivity contribution in [3.63, 3.8) is 0 Å². The first-order valence-corrected chi connectivity index (χ1v) is 5.39. The predicted molar refractivity (Wildman–Crippen MR) is 64.1 cm³/mol. The average molecular weight is 213 g/mol. The number of pyridine rings is 1. The average Bonchev–Trinajstić information content (AvgIpc) is 2.20. The van der Waals surface area contributed by atoms with Gasteiger partial charge in [-0.05, 0) is 19.4 Å². The fourth-order valence-corrected chi connectivity index (χ4v) is 1.98. The van der Waals surface area contributed by atoms with E-state index in [0.29, 0.717) is 6.42 Å². The lowest BCUT2D eigenvalue weighted by molar-refractivity contribution is -0.613. The summed E-state index contributed by atoms with van der Waals surface area (Å²) in [5, 5.41) is 11.5. The highest BCUT2D eigenvalue weighted by atomic mass is 16.5. The third-order valence-electron chi connectivity index (χ3n) is 2.57. The number of hydrogen-bond acceptors (Lipinski definition) is 1. The third kappa shape index (κ3) is 2.40. The summed E-state index contributed by atoms with van der Waals surface area (Å²) in [7, 11) is 0. The molecule has 0 saturated heterocycles. The molecular weight excluding hydrogens is 198 g/mol. The van der Waals surface area contributed by atoms with E-state index >= 15 is 0 Å². The van der Waals surface area contributed by atoms with Crippen LogP contribution in [-0.4, -0.2) is 0 Å². The Morgan fingerprint density at radius 3 is 2.38 bits per heavy atom. The van der Waals surface area contributed by atoms with Crippen molar-refractivity contribution in [2.75, 3.05) is 0 Å². The number of hydrogen-bond donors (Lipinski definition) is 0. The summed E-state index contributed by atoms with van der Waals surface area (Å²) in [5.41, 5.74) is 4.45. The van der Waals surface area contributed by atoms with E-state index in [0.717, 1.165) is 10.4 Å². The van der Waals surface area contributed by atoms with Crippen molar-refractivity contribution in [1.29, 1.82) is 0 Å². The normalized spacial score (nSPS) is 10.4. The minimum Gasteiger partial charge on any atom is -0.618 e. The molecule has 0 fully saturated rings. The molecule has 0 unspecified atom stereocenters. The summed E-state index contributed by atoms with van der Waals surface area (Å²) < 4.78 is 0.928. The Morgan fingerprint density at radius 1 is 1.06 bits per heavy atom. The first kappa shape index (κ1) is 10.7. The molecule has 0 aliphatic carbocycles. The molecule has 0 aliphatic rings. The van der Waals surface area contributed by atoms with Gasteiger partial charge in [-0.25, -0.2) is 0 Å². The number of benzene rings is 1. The zero-order valence-corrected chi connectivity index (χ0v) is 9.60. The summed E-state index contributed by atoms with van der Waals surface area (Å²) >= 11 is 0. The lowest BCUT2D eigenvalue weighted by Crippen LogP contribution is -2.30. The second kappa shape index (κ2) is 4.35. The van der Waals surface area contributed by atoms with E-state index in [4.69, 9.17) is 0 Å². The monoisotopic (exact) mass is 213 g/mol. The SMILES string of the molecule is Cc1cc(C)cc(Cc2cccc[n+]2[O-])c1. The van der Waals surface area contributed by atoms with Crippen molar-refractivity contribution in [2.24, 2.45) is 0 Å². The molecule has 16 heavy (non-hydrogen) atoms. The second-order valence-electron chi connectivity index (χ2n) is 4.19. The summed E-state index contributed by atoms with van der Waals surface area (Å²) in [6, 6.07) is 11.9. The molecule has 0 atom stereocenters. The zero-order chi connectivity index (χ0) is 11.5. The largest absolute Gasteiger partial charge is 0.618 e. The van der Waals surface area contributed by atoms with E-state index in [1.165, 1.54) is 22.9 Å². The van der Waals surface area contributed by atoms with Crippen LogP contribution in [0.25, 0.3) is 0 Å². The van der Waals surface area contributed by atoms with Crippen molar-refractivity contribution >= 4 is 0 Å². The van der Waals surface area contributed by atoms with Gasteiger partial charge >= 0.3 is 0 Å². The molecule has 2 nitrogen and oxygen atoms in total.